The average molecular weight is 563 g/mol. The highest BCUT2D eigenvalue weighted by Crippen LogP contribution is 2.42. The minimum Gasteiger partial charge on any atom is -0.395 e. The Kier molecular flexibility index (Phi) is 27.7. The Bertz CT molecular complexity index is 419. The molecule has 0 spiro atoms. The fraction of sp³-hybridized carbons (Fsp3) is 1.00. The van der Waals surface area contributed by atoms with Gasteiger partial charge in [0.25, 0.3) is 0 Å². The molecule has 0 aromatic heterocycles. The van der Waals surface area contributed by atoms with Crippen LogP contribution in [0.3, 0.4) is 0 Å². The Balaban J connectivity index is 0. The lowest BCUT2D eigenvalue weighted by Gasteiger charge is -2.44. The molecule has 0 aliphatic heterocycles. The van der Waals surface area contributed by atoms with Crippen LogP contribution in [-0.4, -0.2) is 65.4 Å². The third-order valence-electron chi connectivity index (χ3n) is 6.93. The Morgan fingerprint density at radius 2 is 0.778 bits per heavy atom. The van der Waals surface area contributed by atoms with Gasteiger partial charge in [-0.05, 0) is 12.8 Å². The summed E-state index contributed by atoms with van der Waals surface area (Å²) in [5, 5.41) is 41.0. The summed E-state index contributed by atoms with van der Waals surface area (Å²) in [5.41, 5.74) is -2.41. The molecule has 9 nitrogen and oxygen atoms in total. The van der Waals surface area contributed by atoms with E-state index in [4.69, 9.17) is 19.6 Å². The van der Waals surface area contributed by atoms with Crippen LogP contribution in [0.1, 0.15) is 129 Å². The van der Waals surface area contributed by atoms with Crippen molar-refractivity contribution in [3.63, 3.8) is 0 Å². The molecule has 0 aromatic carbocycles. The zero-order chi connectivity index (χ0) is 27.7. The second kappa shape index (κ2) is 25.8. The number of hydrogen-bond donors (Lipinski definition) is 8. The van der Waals surface area contributed by atoms with E-state index in [1.54, 1.807) is 0 Å². The van der Waals surface area contributed by atoms with E-state index in [2.05, 4.69) is 18.2 Å². The number of rotatable bonds is 24. The average Bonchev–Trinajstić information content (AvgIpc) is 2.83. The maximum atomic E-state index is 11.4. The van der Waals surface area contributed by atoms with E-state index in [9.17, 15) is 20.4 Å². The van der Waals surface area contributed by atoms with Crippen molar-refractivity contribution < 1.29 is 44.3 Å². The summed E-state index contributed by atoms with van der Waals surface area (Å²) in [4.78, 5) is 31.3. The van der Waals surface area contributed by atoms with E-state index in [0.29, 0.717) is 12.8 Å². The highest BCUT2D eigenvalue weighted by atomic mass is 31.2. The van der Waals surface area contributed by atoms with Gasteiger partial charge in [0, 0.05) is 0 Å². The summed E-state index contributed by atoms with van der Waals surface area (Å²) >= 11 is 0. The quantitative estimate of drug-likeness (QED) is 0.0584. The first kappa shape index (κ1) is 38.6. The van der Waals surface area contributed by atoms with Crippen LogP contribution >= 0.6 is 17.2 Å². The molecule has 0 aliphatic carbocycles. The monoisotopic (exact) mass is 562 g/mol. The maximum absolute atomic E-state index is 11.4. The molecule has 0 unspecified atom stereocenters. The van der Waals surface area contributed by atoms with Crippen LogP contribution in [0, 0.1) is 5.41 Å². The topological polar surface area (TPSA) is 171 Å². The Labute approximate surface area is 221 Å². The lowest BCUT2D eigenvalue weighted by molar-refractivity contribution is -0.162. The molecular weight excluding hydrogens is 506 g/mol. The van der Waals surface area contributed by atoms with Crippen LogP contribution in [0.25, 0.3) is 0 Å². The molecule has 0 aliphatic rings. The van der Waals surface area contributed by atoms with E-state index in [0.717, 1.165) is 25.7 Å². The normalized spacial score (nSPS) is 12.3. The van der Waals surface area contributed by atoms with Gasteiger partial charge in [0.15, 0.2) is 0 Å². The zero-order valence-electron chi connectivity index (χ0n) is 22.7. The summed E-state index contributed by atoms with van der Waals surface area (Å²) in [6.45, 7) is 3.30. The fourth-order valence-corrected chi connectivity index (χ4v) is 4.94. The van der Waals surface area contributed by atoms with Crippen LogP contribution in [-0.2, 0) is 4.31 Å². The van der Waals surface area contributed by atoms with Gasteiger partial charge in [0.2, 0.25) is 0 Å². The molecule has 0 saturated carbocycles. The Morgan fingerprint density at radius 3 is 1.00 bits per heavy atom. The van der Waals surface area contributed by atoms with Gasteiger partial charge in [-0.15, -0.1) is 0 Å². The van der Waals surface area contributed by atoms with Gasteiger partial charge in [-0.25, -0.2) is 4.31 Å². The van der Waals surface area contributed by atoms with Gasteiger partial charge >= 0.3 is 17.2 Å². The van der Waals surface area contributed by atoms with Crippen molar-refractivity contribution in [1.82, 2.24) is 0 Å². The van der Waals surface area contributed by atoms with Crippen molar-refractivity contribution in [3.8, 4) is 0 Å². The van der Waals surface area contributed by atoms with Gasteiger partial charge in [0.05, 0.1) is 30.8 Å². The predicted octanol–water partition coefficient (Wildman–Crippen LogP) is 5.17. The molecular formula is C25H56O9P2. The SMILES string of the molecule is CCCCCCCCCCC(O)(CCCCCCCCCC)C(CO)(CO)CO.OP(O)OP(O)O. The molecule has 0 rings (SSSR count). The smallest absolute Gasteiger partial charge is 0.334 e. The van der Waals surface area contributed by atoms with Gasteiger partial charge < -0.3 is 40.0 Å². The van der Waals surface area contributed by atoms with Gasteiger partial charge in [0.1, 0.15) is 0 Å². The predicted molar refractivity (Wildman–Crippen MR) is 147 cm³/mol. The molecule has 0 heterocycles. The Hall–Kier alpha value is 0.500. The largest absolute Gasteiger partial charge is 0.395 e. The third kappa shape index (κ3) is 19.6. The van der Waals surface area contributed by atoms with Gasteiger partial charge in [-0.3, -0.25) is 0 Å². The first-order valence-electron chi connectivity index (χ1n) is 13.8. The molecule has 220 valence electrons. The van der Waals surface area contributed by atoms with E-state index in [1.165, 1.54) is 77.0 Å². The van der Waals surface area contributed by atoms with Crippen LogP contribution in [0.5, 0.6) is 0 Å². The van der Waals surface area contributed by atoms with Crippen molar-refractivity contribution in [2.24, 2.45) is 5.41 Å². The third-order valence-corrected chi connectivity index (χ3v) is 8.10. The molecule has 0 bridgehead atoms. The first-order chi connectivity index (χ1) is 17.2. The molecule has 0 radical (unpaired) electrons. The summed E-state index contributed by atoms with van der Waals surface area (Å²) in [6, 6.07) is 0. The summed E-state index contributed by atoms with van der Waals surface area (Å²) in [6.07, 6.45) is 20.1. The Morgan fingerprint density at radius 1 is 0.500 bits per heavy atom. The minimum absolute atomic E-state index is 0.384. The van der Waals surface area contributed by atoms with Gasteiger partial charge in [-0.2, -0.15) is 0 Å². The summed E-state index contributed by atoms with van der Waals surface area (Å²) in [5.74, 6) is 0. The first-order valence-corrected chi connectivity index (χ1v) is 16.1. The van der Waals surface area contributed by atoms with Gasteiger partial charge in [-0.1, -0.05) is 117 Å². The van der Waals surface area contributed by atoms with E-state index < -0.39 is 28.2 Å². The summed E-state index contributed by atoms with van der Waals surface area (Å²) < 4.78 is 3.60. The molecule has 0 aromatic rings. The number of aliphatic hydroxyl groups excluding tert-OH is 3. The van der Waals surface area contributed by atoms with Crippen molar-refractivity contribution in [1.29, 1.82) is 0 Å². The number of aliphatic hydroxyl groups is 4. The van der Waals surface area contributed by atoms with Crippen molar-refractivity contribution >= 4 is 17.2 Å². The highest BCUT2D eigenvalue weighted by Gasteiger charge is 2.48. The van der Waals surface area contributed by atoms with E-state index >= 15 is 0 Å². The van der Waals surface area contributed by atoms with Crippen LogP contribution in [0.4, 0.5) is 0 Å². The molecule has 8 N–H and O–H groups in total. The minimum atomic E-state index is -2.61. The second-order valence-electron chi connectivity index (χ2n) is 9.82. The molecule has 0 amide bonds. The lowest BCUT2D eigenvalue weighted by Crippen LogP contribution is -2.55. The lowest BCUT2D eigenvalue weighted by atomic mass is 9.68. The maximum Gasteiger partial charge on any atom is 0.334 e. The van der Waals surface area contributed by atoms with Crippen LogP contribution in [0.2, 0.25) is 0 Å². The molecule has 0 atom stereocenters. The van der Waals surface area contributed by atoms with Crippen molar-refractivity contribution in [2.75, 3.05) is 19.8 Å². The number of hydrogen-bond acceptors (Lipinski definition) is 9. The molecule has 36 heavy (non-hydrogen) atoms. The highest BCUT2D eigenvalue weighted by molar-refractivity contribution is 7.53. The van der Waals surface area contributed by atoms with Crippen LogP contribution < -0.4 is 0 Å². The van der Waals surface area contributed by atoms with Crippen molar-refractivity contribution in [2.45, 2.75) is 135 Å². The van der Waals surface area contributed by atoms with Crippen molar-refractivity contribution in [3.05, 3.63) is 0 Å². The second-order valence-corrected chi connectivity index (χ2v) is 11.5. The fourth-order valence-electron chi connectivity index (χ4n) is 4.41. The van der Waals surface area contributed by atoms with E-state index in [-0.39, 0.29) is 19.8 Å². The molecule has 11 heteroatoms. The number of unbranched alkanes of at least 4 members (excludes halogenated alkanes) is 14. The molecule has 0 saturated heterocycles. The standard InChI is InChI=1S/C25H52O4.H4O5P2/c1-3-5-7-9-11-13-15-17-19-25(29,24(21-26,22-27)23-28)20-18-16-14-12-10-8-6-4-2;1-6(2)5-7(3)4/h26-29H,3-23H2,1-2H3;1-4H. The summed E-state index contributed by atoms with van der Waals surface area (Å²) in [7, 11) is -5.22. The zero-order valence-corrected chi connectivity index (χ0v) is 24.5. The van der Waals surface area contributed by atoms with E-state index in [1.807, 2.05) is 0 Å². The van der Waals surface area contributed by atoms with Crippen LogP contribution in [0.15, 0.2) is 0 Å². The molecule has 0 fully saturated rings.